The molecule has 0 bridgehead atoms. The Kier molecular flexibility index (Phi) is 3.90. The molecule has 0 radical (unpaired) electrons. The molecular formula is C17H16ClNO4. The predicted molar refractivity (Wildman–Crippen MR) is 87.0 cm³/mol. The molecule has 23 heavy (non-hydrogen) atoms. The maximum Gasteiger partial charge on any atom is 0.408 e. The molecule has 1 atom stereocenters. The smallest absolute Gasteiger partial charge is 0.408 e. The van der Waals surface area contributed by atoms with Crippen LogP contribution in [-0.4, -0.2) is 39.3 Å². The number of rotatable bonds is 3. The SMILES string of the molecule is O=C(O)N1CCC[C@]1(Cc1cccc2ccc(Cl)cc12)C(=O)O. The van der Waals surface area contributed by atoms with Crippen molar-refractivity contribution in [1.82, 2.24) is 4.90 Å². The van der Waals surface area contributed by atoms with E-state index in [1.54, 1.807) is 12.1 Å². The van der Waals surface area contributed by atoms with Crippen LogP contribution in [0, 0.1) is 0 Å². The molecule has 0 saturated carbocycles. The van der Waals surface area contributed by atoms with Gasteiger partial charge < -0.3 is 10.2 Å². The van der Waals surface area contributed by atoms with Crippen LogP contribution >= 0.6 is 11.6 Å². The number of nitrogens with zero attached hydrogens (tertiary/aromatic N) is 1. The Labute approximate surface area is 138 Å². The summed E-state index contributed by atoms with van der Waals surface area (Å²) in [5, 5.41) is 21.5. The van der Waals surface area contributed by atoms with Gasteiger partial charge in [-0.25, -0.2) is 9.59 Å². The van der Waals surface area contributed by atoms with Gasteiger partial charge in [0, 0.05) is 18.0 Å². The number of carbonyl (C=O) groups is 2. The van der Waals surface area contributed by atoms with E-state index in [1.165, 1.54) is 0 Å². The fraction of sp³-hybridized carbons (Fsp3) is 0.294. The number of aliphatic carboxylic acids is 1. The van der Waals surface area contributed by atoms with Crippen LogP contribution in [0.3, 0.4) is 0 Å². The van der Waals surface area contributed by atoms with E-state index in [9.17, 15) is 19.8 Å². The van der Waals surface area contributed by atoms with E-state index >= 15 is 0 Å². The number of hydrogen-bond acceptors (Lipinski definition) is 2. The molecule has 3 rings (SSSR count). The standard InChI is InChI=1S/C17H16ClNO4/c18-13-6-5-11-3-1-4-12(14(11)9-13)10-17(15(20)21)7-2-8-19(17)16(22)23/h1,3-6,9H,2,7-8,10H2,(H,20,21)(H,22,23)/t17-/m0/s1. The third-order valence-electron chi connectivity index (χ3n) is 4.54. The molecule has 0 unspecified atom stereocenters. The first-order valence-corrected chi connectivity index (χ1v) is 7.73. The first-order chi connectivity index (χ1) is 10.9. The van der Waals surface area contributed by atoms with Gasteiger partial charge >= 0.3 is 12.1 Å². The quantitative estimate of drug-likeness (QED) is 0.899. The maximum absolute atomic E-state index is 11.9. The van der Waals surface area contributed by atoms with E-state index in [0.717, 1.165) is 21.2 Å². The molecule has 1 heterocycles. The number of hydrogen-bond donors (Lipinski definition) is 2. The Morgan fingerprint density at radius 3 is 2.70 bits per heavy atom. The van der Waals surface area contributed by atoms with Gasteiger partial charge in [-0.1, -0.05) is 35.9 Å². The van der Waals surface area contributed by atoms with Crippen molar-refractivity contribution in [3.63, 3.8) is 0 Å². The highest BCUT2D eigenvalue weighted by Crippen LogP contribution is 2.35. The van der Waals surface area contributed by atoms with Gasteiger partial charge in [0.25, 0.3) is 0 Å². The van der Waals surface area contributed by atoms with Gasteiger partial charge in [-0.3, -0.25) is 4.90 Å². The van der Waals surface area contributed by atoms with Gasteiger partial charge in [-0.05, 0) is 41.3 Å². The number of fused-ring (bicyclic) bond motifs is 1. The lowest BCUT2D eigenvalue weighted by molar-refractivity contribution is -0.148. The summed E-state index contributed by atoms with van der Waals surface area (Å²) in [6.45, 7) is 0.243. The average Bonchev–Trinajstić information content (AvgIpc) is 2.93. The normalized spacial score (nSPS) is 20.8. The molecule has 0 aliphatic carbocycles. The molecule has 2 aromatic carbocycles. The van der Waals surface area contributed by atoms with Crippen LogP contribution < -0.4 is 0 Å². The predicted octanol–water partition coefficient (Wildman–Crippen LogP) is 3.63. The highest BCUT2D eigenvalue weighted by molar-refractivity contribution is 6.31. The zero-order valence-electron chi connectivity index (χ0n) is 12.3. The Balaban J connectivity index is 2.10. The van der Waals surface area contributed by atoms with Gasteiger partial charge in [0.05, 0.1) is 0 Å². The third kappa shape index (κ3) is 2.61. The maximum atomic E-state index is 11.9. The fourth-order valence-electron chi connectivity index (χ4n) is 3.42. The van der Waals surface area contributed by atoms with E-state index in [4.69, 9.17) is 11.6 Å². The monoisotopic (exact) mass is 333 g/mol. The van der Waals surface area contributed by atoms with E-state index < -0.39 is 17.6 Å². The highest BCUT2D eigenvalue weighted by atomic mass is 35.5. The lowest BCUT2D eigenvalue weighted by Crippen LogP contribution is -2.54. The number of carboxylic acids is 1. The average molecular weight is 334 g/mol. The van der Waals surface area contributed by atoms with Crippen LogP contribution in [0.2, 0.25) is 5.02 Å². The van der Waals surface area contributed by atoms with Crippen molar-refractivity contribution in [1.29, 1.82) is 0 Å². The minimum absolute atomic E-state index is 0.131. The second kappa shape index (κ2) is 5.74. The molecule has 120 valence electrons. The highest BCUT2D eigenvalue weighted by Gasteiger charge is 2.50. The Morgan fingerprint density at radius 1 is 1.22 bits per heavy atom. The minimum atomic E-state index is -1.41. The van der Waals surface area contributed by atoms with Gasteiger partial charge in [0.15, 0.2) is 0 Å². The molecule has 1 amide bonds. The molecule has 2 aromatic rings. The lowest BCUT2D eigenvalue weighted by atomic mass is 9.86. The van der Waals surface area contributed by atoms with Gasteiger partial charge in [0.2, 0.25) is 0 Å². The number of halogens is 1. The summed E-state index contributed by atoms with van der Waals surface area (Å²) < 4.78 is 0. The van der Waals surface area contributed by atoms with E-state index in [1.807, 2.05) is 24.3 Å². The van der Waals surface area contributed by atoms with Crippen molar-refractivity contribution in [3.8, 4) is 0 Å². The van der Waals surface area contributed by atoms with Crippen molar-refractivity contribution in [2.45, 2.75) is 24.8 Å². The minimum Gasteiger partial charge on any atom is -0.479 e. The molecule has 1 saturated heterocycles. The molecule has 6 heteroatoms. The van der Waals surface area contributed by atoms with Gasteiger partial charge in [-0.15, -0.1) is 0 Å². The van der Waals surface area contributed by atoms with Crippen molar-refractivity contribution in [2.24, 2.45) is 0 Å². The van der Waals surface area contributed by atoms with Crippen molar-refractivity contribution < 1.29 is 19.8 Å². The number of likely N-dealkylation sites (tertiary alicyclic amines) is 1. The third-order valence-corrected chi connectivity index (χ3v) is 4.77. The van der Waals surface area contributed by atoms with E-state index in [-0.39, 0.29) is 13.0 Å². The van der Waals surface area contributed by atoms with Crippen molar-refractivity contribution in [3.05, 3.63) is 47.0 Å². The molecule has 0 spiro atoms. The molecule has 1 aliphatic rings. The van der Waals surface area contributed by atoms with Crippen LogP contribution in [0.5, 0.6) is 0 Å². The van der Waals surface area contributed by atoms with Crippen LogP contribution in [-0.2, 0) is 11.2 Å². The van der Waals surface area contributed by atoms with Crippen molar-refractivity contribution in [2.75, 3.05) is 6.54 Å². The Hall–Kier alpha value is -2.27. The summed E-state index contributed by atoms with van der Waals surface area (Å²) >= 11 is 6.06. The van der Waals surface area contributed by atoms with Crippen LogP contribution in [0.1, 0.15) is 18.4 Å². The molecular weight excluding hydrogens is 318 g/mol. The second-order valence-corrected chi connectivity index (χ2v) is 6.27. The lowest BCUT2D eigenvalue weighted by Gasteiger charge is -2.33. The molecule has 1 fully saturated rings. The largest absolute Gasteiger partial charge is 0.479 e. The van der Waals surface area contributed by atoms with Crippen LogP contribution in [0.15, 0.2) is 36.4 Å². The zero-order valence-corrected chi connectivity index (χ0v) is 13.1. The van der Waals surface area contributed by atoms with Crippen molar-refractivity contribution >= 4 is 34.4 Å². The number of benzene rings is 2. The van der Waals surface area contributed by atoms with Crippen LogP contribution in [0.4, 0.5) is 4.79 Å². The summed E-state index contributed by atoms with van der Waals surface area (Å²) in [4.78, 5) is 24.4. The van der Waals surface area contributed by atoms with Gasteiger partial charge in [0.1, 0.15) is 5.54 Å². The summed E-state index contributed by atoms with van der Waals surface area (Å²) in [7, 11) is 0. The number of carboxylic acid groups (broad SMARTS) is 2. The molecule has 1 aliphatic heterocycles. The van der Waals surface area contributed by atoms with Gasteiger partial charge in [-0.2, -0.15) is 0 Å². The first kappa shape index (κ1) is 15.6. The first-order valence-electron chi connectivity index (χ1n) is 7.35. The topological polar surface area (TPSA) is 77.8 Å². The summed E-state index contributed by atoms with van der Waals surface area (Å²) in [6, 6.07) is 11.1. The molecule has 5 nitrogen and oxygen atoms in total. The van der Waals surface area contributed by atoms with E-state index in [0.29, 0.717) is 17.9 Å². The number of amides is 1. The second-order valence-electron chi connectivity index (χ2n) is 5.83. The van der Waals surface area contributed by atoms with Crippen LogP contribution in [0.25, 0.3) is 10.8 Å². The summed E-state index contributed by atoms with van der Waals surface area (Å²) in [5.41, 5.74) is -0.622. The Bertz CT molecular complexity index is 791. The molecule has 2 N–H and O–H groups in total. The fourth-order valence-corrected chi connectivity index (χ4v) is 3.59. The summed E-state index contributed by atoms with van der Waals surface area (Å²) in [6.07, 6.45) is -0.203. The summed E-state index contributed by atoms with van der Waals surface area (Å²) in [5.74, 6) is -1.10. The Morgan fingerprint density at radius 2 is 2.00 bits per heavy atom. The molecule has 0 aromatic heterocycles. The van der Waals surface area contributed by atoms with E-state index in [2.05, 4.69) is 0 Å². The zero-order chi connectivity index (χ0) is 16.6.